The topological polar surface area (TPSA) is 30.5 Å². The molecule has 2 N–H and O–H groups in total. The Morgan fingerprint density at radius 1 is 1.04 bits per heavy atom. The summed E-state index contributed by atoms with van der Waals surface area (Å²) < 4.78 is 0. The van der Waals surface area contributed by atoms with Gasteiger partial charge < -0.3 is 10.3 Å². The van der Waals surface area contributed by atoms with E-state index in [1.54, 1.807) is 0 Å². The molecule has 2 radical (unpaired) electrons. The number of benzene rings is 2. The van der Waals surface area contributed by atoms with Crippen LogP contribution < -0.4 is 15.9 Å². The molecule has 120 valence electrons. The molecule has 2 aromatic rings. The first-order valence-electron chi connectivity index (χ1n) is 8.49. The molecule has 0 saturated heterocycles. The predicted molar refractivity (Wildman–Crippen MR) is 100.0 cm³/mol. The zero-order valence-corrected chi connectivity index (χ0v) is 13.9. The van der Waals surface area contributed by atoms with Crippen molar-refractivity contribution in [2.24, 2.45) is 0 Å². The summed E-state index contributed by atoms with van der Waals surface area (Å²) >= 11 is 0. The first-order valence-corrected chi connectivity index (χ1v) is 8.49. The molecule has 0 atom stereocenters. The zero-order valence-electron chi connectivity index (χ0n) is 13.9. The average molecular weight is 316 g/mol. The highest BCUT2D eigenvalue weighted by molar-refractivity contribution is 6.08. The van der Waals surface area contributed by atoms with Crippen LogP contribution >= 0.6 is 0 Å². The van der Waals surface area contributed by atoms with Crippen LogP contribution in [0.25, 0.3) is 11.4 Å². The molecule has 2 heterocycles. The molecule has 0 spiro atoms. The van der Waals surface area contributed by atoms with E-state index in [1.807, 2.05) is 0 Å². The maximum absolute atomic E-state index is 5.83. The molecular weight excluding hydrogens is 295 g/mol. The van der Waals surface area contributed by atoms with Crippen molar-refractivity contribution < 1.29 is 0 Å². The van der Waals surface area contributed by atoms with E-state index < -0.39 is 0 Å². The van der Waals surface area contributed by atoms with Gasteiger partial charge in [0.25, 0.3) is 0 Å². The van der Waals surface area contributed by atoms with Crippen LogP contribution in [0.5, 0.6) is 0 Å². The monoisotopic (exact) mass is 316 g/mol. The van der Waals surface area contributed by atoms with Gasteiger partial charge in [-0.05, 0) is 18.6 Å². The van der Waals surface area contributed by atoms with Gasteiger partial charge in [-0.3, -0.25) is 5.01 Å². The number of rotatable bonds is 3. The largest absolute Gasteiger partial charge is 0.367 e. The summed E-state index contributed by atoms with van der Waals surface area (Å²) in [6.45, 7) is 4.82. The number of para-hydroxylation sites is 1. The van der Waals surface area contributed by atoms with Gasteiger partial charge in [-0.2, -0.15) is 0 Å². The molecule has 4 rings (SSSR count). The van der Waals surface area contributed by atoms with Crippen LogP contribution in [-0.4, -0.2) is 25.9 Å². The molecule has 2 aliphatic rings. The Balaban J connectivity index is 1.99. The Hall–Kier alpha value is -2.40. The molecule has 0 aliphatic carbocycles. The van der Waals surface area contributed by atoms with E-state index in [9.17, 15) is 0 Å². The van der Waals surface area contributed by atoms with Gasteiger partial charge >= 0.3 is 0 Å². The molecule has 0 aromatic heterocycles. The fraction of sp³-hybridized carbons (Fsp3) is 0.263. The van der Waals surface area contributed by atoms with Gasteiger partial charge in [-0.25, -0.2) is 0 Å². The lowest BCUT2D eigenvalue weighted by Gasteiger charge is -2.31. The van der Waals surface area contributed by atoms with E-state index in [1.165, 1.54) is 28.1 Å². The lowest BCUT2D eigenvalue weighted by Crippen LogP contribution is -2.38. The van der Waals surface area contributed by atoms with Crippen molar-refractivity contribution in [3.05, 3.63) is 65.2 Å². The van der Waals surface area contributed by atoms with E-state index in [4.69, 9.17) is 7.85 Å². The SMILES string of the molecule is [B]CCN1NNC2=C1c1ccccc1N(CC)Cc1ccccc12. The van der Waals surface area contributed by atoms with Crippen LogP contribution in [0.1, 0.15) is 23.6 Å². The van der Waals surface area contributed by atoms with Crippen molar-refractivity contribution in [3.8, 4) is 0 Å². The number of hydrogen-bond acceptors (Lipinski definition) is 4. The first kappa shape index (κ1) is 15.2. The van der Waals surface area contributed by atoms with E-state index in [0.29, 0.717) is 6.32 Å². The Morgan fingerprint density at radius 2 is 1.79 bits per heavy atom. The third-order valence-electron chi connectivity index (χ3n) is 4.70. The van der Waals surface area contributed by atoms with E-state index in [0.717, 1.165) is 25.3 Å². The Kier molecular flexibility index (Phi) is 3.94. The first-order chi connectivity index (χ1) is 11.8. The molecule has 4 nitrogen and oxygen atoms in total. The van der Waals surface area contributed by atoms with Crippen molar-refractivity contribution in [1.29, 1.82) is 0 Å². The van der Waals surface area contributed by atoms with Gasteiger partial charge in [0.15, 0.2) is 0 Å². The summed E-state index contributed by atoms with van der Waals surface area (Å²) in [6, 6.07) is 17.2. The Labute approximate surface area is 144 Å². The van der Waals surface area contributed by atoms with E-state index >= 15 is 0 Å². The maximum atomic E-state index is 5.83. The Morgan fingerprint density at radius 3 is 2.58 bits per heavy atom. The van der Waals surface area contributed by atoms with Crippen LogP contribution in [0, 0.1) is 0 Å². The molecule has 0 bridgehead atoms. The zero-order chi connectivity index (χ0) is 16.5. The van der Waals surface area contributed by atoms with E-state index in [-0.39, 0.29) is 0 Å². The van der Waals surface area contributed by atoms with Gasteiger partial charge in [0.05, 0.1) is 19.2 Å². The van der Waals surface area contributed by atoms with Crippen LogP contribution in [0.3, 0.4) is 0 Å². The molecule has 24 heavy (non-hydrogen) atoms. The lowest BCUT2D eigenvalue weighted by atomic mass is 9.95. The fourth-order valence-electron chi connectivity index (χ4n) is 3.57. The van der Waals surface area contributed by atoms with Crippen LogP contribution in [0.2, 0.25) is 6.32 Å². The van der Waals surface area contributed by atoms with E-state index in [2.05, 4.69) is 76.3 Å². The second-order valence-electron chi connectivity index (χ2n) is 6.09. The highest BCUT2D eigenvalue weighted by Gasteiger charge is 2.30. The van der Waals surface area contributed by atoms with Crippen molar-refractivity contribution in [2.75, 3.05) is 18.0 Å². The molecule has 0 unspecified atom stereocenters. The van der Waals surface area contributed by atoms with Gasteiger partial charge in [0, 0.05) is 36.4 Å². The minimum atomic E-state index is 0.590. The summed E-state index contributed by atoms with van der Waals surface area (Å²) in [7, 11) is 5.83. The normalized spacial score (nSPS) is 16.0. The van der Waals surface area contributed by atoms with Crippen LogP contribution in [0.15, 0.2) is 48.5 Å². The second kappa shape index (κ2) is 6.25. The third kappa shape index (κ3) is 2.36. The molecular formula is C19H21BN4. The summed E-state index contributed by atoms with van der Waals surface area (Å²) in [6.07, 6.45) is 0.590. The van der Waals surface area contributed by atoms with Crippen molar-refractivity contribution in [1.82, 2.24) is 16.0 Å². The van der Waals surface area contributed by atoms with Crippen molar-refractivity contribution >= 4 is 24.9 Å². The number of nitrogens with one attached hydrogen (secondary N) is 2. The summed E-state index contributed by atoms with van der Waals surface area (Å²) in [4.78, 5) is 2.43. The van der Waals surface area contributed by atoms with Crippen molar-refractivity contribution in [2.45, 2.75) is 19.8 Å². The minimum absolute atomic E-state index is 0.590. The molecule has 2 aromatic carbocycles. The quantitative estimate of drug-likeness (QED) is 0.853. The highest BCUT2D eigenvalue weighted by Crippen LogP contribution is 2.39. The summed E-state index contributed by atoms with van der Waals surface area (Å²) in [5, 5.41) is 2.12. The highest BCUT2D eigenvalue weighted by atomic mass is 15.7. The minimum Gasteiger partial charge on any atom is -0.367 e. The number of fused-ring (bicyclic) bond motifs is 4. The smallest absolute Gasteiger partial charge is 0.0881 e. The molecule has 0 saturated carbocycles. The van der Waals surface area contributed by atoms with Gasteiger partial charge in [0.2, 0.25) is 0 Å². The number of hydrazine groups is 2. The van der Waals surface area contributed by atoms with Crippen LogP contribution in [0.4, 0.5) is 5.69 Å². The number of hydrogen-bond donors (Lipinski definition) is 2. The summed E-state index contributed by atoms with van der Waals surface area (Å²) in [5.74, 6) is 0. The standard InChI is InChI=1S/C19H21BN4/c1-2-23-13-14-7-3-4-8-15(14)18-19(24(12-11-20)22-21-18)16-9-5-6-10-17(16)23/h3-10,21-22H,2,11-13H2,1H3. The van der Waals surface area contributed by atoms with Gasteiger partial charge in [-0.1, -0.05) is 48.8 Å². The molecule has 0 amide bonds. The second-order valence-corrected chi connectivity index (χ2v) is 6.09. The average Bonchev–Trinajstić information content (AvgIpc) is 3.02. The van der Waals surface area contributed by atoms with Gasteiger partial charge in [-0.15, -0.1) is 5.53 Å². The third-order valence-corrected chi connectivity index (χ3v) is 4.70. The van der Waals surface area contributed by atoms with Crippen LogP contribution in [-0.2, 0) is 6.54 Å². The maximum Gasteiger partial charge on any atom is 0.0881 e. The fourth-order valence-corrected chi connectivity index (χ4v) is 3.57. The van der Waals surface area contributed by atoms with Crippen molar-refractivity contribution in [3.63, 3.8) is 0 Å². The number of nitrogens with zero attached hydrogens (tertiary/aromatic N) is 2. The lowest BCUT2D eigenvalue weighted by molar-refractivity contribution is 0.302. The molecule has 2 aliphatic heterocycles. The molecule has 5 heteroatoms. The Bertz CT molecular complexity index is 786. The molecule has 0 fully saturated rings. The number of anilines is 1. The van der Waals surface area contributed by atoms with Gasteiger partial charge in [0.1, 0.15) is 0 Å². The predicted octanol–water partition coefficient (Wildman–Crippen LogP) is 2.76. The summed E-state index contributed by atoms with van der Waals surface area (Å²) in [5.41, 5.74) is 14.0.